The fourth-order valence-corrected chi connectivity index (χ4v) is 0.807. The molecule has 0 heterocycles. The number of aliphatic hydroxyl groups is 2. The van der Waals surface area contributed by atoms with E-state index in [0.29, 0.717) is 13.2 Å². The van der Waals surface area contributed by atoms with Crippen LogP contribution in [-0.2, 0) is 4.74 Å². The van der Waals surface area contributed by atoms with Crippen LogP contribution in [0.5, 0.6) is 0 Å². The first-order valence-corrected chi connectivity index (χ1v) is 6.03. The van der Waals surface area contributed by atoms with E-state index in [-0.39, 0.29) is 42.3 Å². The van der Waals surface area contributed by atoms with Gasteiger partial charge in [-0.2, -0.15) is 0 Å². The second-order valence-corrected chi connectivity index (χ2v) is 3.73. The van der Waals surface area contributed by atoms with Gasteiger partial charge in [0.1, 0.15) is 0 Å². The van der Waals surface area contributed by atoms with Crippen molar-refractivity contribution in [3.05, 3.63) is 0 Å². The van der Waals surface area contributed by atoms with Gasteiger partial charge in [0, 0.05) is 0 Å². The first-order valence-electron chi connectivity index (χ1n) is 4.79. The molecule has 0 bridgehead atoms. The summed E-state index contributed by atoms with van der Waals surface area (Å²) < 4.78 is 38.9. The van der Waals surface area contributed by atoms with Gasteiger partial charge >= 0.3 is 29.6 Å². The molecule has 1 unspecified atom stereocenters. The van der Waals surface area contributed by atoms with Gasteiger partial charge in [0.05, 0.1) is 25.9 Å². The zero-order chi connectivity index (χ0) is 13.0. The molecular formula is C8H18ClNaO7. The van der Waals surface area contributed by atoms with Gasteiger partial charge in [-0.05, 0) is 6.42 Å². The van der Waals surface area contributed by atoms with E-state index >= 15 is 0 Å². The van der Waals surface area contributed by atoms with Crippen LogP contribution < -0.4 is 48.2 Å². The summed E-state index contributed by atoms with van der Waals surface area (Å²) in [5.41, 5.74) is 0. The Bertz CT molecular complexity index is 138. The largest absolute Gasteiger partial charge is 1.00 e. The minimum absolute atomic E-state index is 0. The van der Waals surface area contributed by atoms with E-state index in [4.69, 9.17) is 28.5 Å². The molecule has 0 spiro atoms. The second-order valence-electron chi connectivity index (χ2n) is 2.97. The molecule has 7 nitrogen and oxygen atoms in total. The molecule has 0 saturated heterocycles. The van der Waals surface area contributed by atoms with Gasteiger partial charge in [-0.1, -0.05) is 19.8 Å². The average molecular weight is 285 g/mol. The van der Waals surface area contributed by atoms with E-state index in [0.717, 1.165) is 19.3 Å². The predicted molar refractivity (Wildman–Crippen MR) is 43.4 cm³/mol. The topological polar surface area (TPSA) is 142 Å². The Morgan fingerprint density at radius 1 is 1.24 bits per heavy atom. The van der Waals surface area contributed by atoms with Gasteiger partial charge in [-0.15, -0.1) is 10.2 Å². The first-order chi connectivity index (χ1) is 7.31. The maximum atomic E-state index is 9.20. The summed E-state index contributed by atoms with van der Waals surface area (Å²) in [4.78, 5) is 0. The van der Waals surface area contributed by atoms with Crippen molar-refractivity contribution >= 4 is 0 Å². The molecule has 0 rings (SSSR count). The summed E-state index contributed by atoms with van der Waals surface area (Å²) in [6.07, 6.45) is 2.56. The van der Waals surface area contributed by atoms with Crippen molar-refractivity contribution in [2.45, 2.75) is 32.3 Å². The fourth-order valence-electron chi connectivity index (χ4n) is 0.807. The molecule has 0 amide bonds. The minimum Gasteiger partial charge on any atom is -0.394 e. The van der Waals surface area contributed by atoms with Crippen LogP contribution in [-0.4, -0.2) is 36.1 Å². The molecule has 0 fully saturated rings. The predicted octanol–water partition coefficient (Wildman–Crippen LogP) is -7.21. The molecule has 0 aromatic rings. The fraction of sp³-hybridized carbons (Fsp3) is 1.00. The molecule has 0 aliphatic carbocycles. The van der Waals surface area contributed by atoms with Crippen molar-refractivity contribution < 1.29 is 73.4 Å². The summed E-state index contributed by atoms with van der Waals surface area (Å²) in [6, 6.07) is 0. The number of aliphatic hydroxyl groups excluding tert-OH is 2. The Morgan fingerprint density at radius 3 is 2.06 bits per heavy atom. The normalized spacial score (nSPS) is 12.2. The Balaban J connectivity index is -0.000000280. The Kier molecular flexibility index (Phi) is 20.5. The van der Waals surface area contributed by atoms with Crippen LogP contribution in [0.1, 0.15) is 26.2 Å². The third-order valence-electron chi connectivity index (χ3n) is 1.44. The number of rotatable bonds is 7. The van der Waals surface area contributed by atoms with Crippen LogP contribution in [0, 0.1) is 10.2 Å². The third-order valence-corrected chi connectivity index (χ3v) is 1.44. The number of unbranched alkanes of at least 4 members (excludes halogenated alkanes) is 1. The number of hydrogen-bond acceptors (Lipinski definition) is 7. The smallest absolute Gasteiger partial charge is 0.394 e. The Hall–Kier alpha value is 1.01. The van der Waals surface area contributed by atoms with Gasteiger partial charge in [0.25, 0.3) is 0 Å². The van der Waals surface area contributed by atoms with Gasteiger partial charge in [0.2, 0.25) is 0 Å². The SMILES string of the molecule is CCCCC(O)COCCO.[Na+].[O-][Cl+3]([O-])([O-])[O-]. The van der Waals surface area contributed by atoms with Crippen molar-refractivity contribution in [1.29, 1.82) is 0 Å². The molecule has 100 valence electrons. The molecule has 0 aliphatic heterocycles. The molecule has 17 heavy (non-hydrogen) atoms. The van der Waals surface area contributed by atoms with Crippen LogP contribution in [0.3, 0.4) is 0 Å². The van der Waals surface area contributed by atoms with Crippen LogP contribution in [0.2, 0.25) is 0 Å². The van der Waals surface area contributed by atoms with Crippen LogP contribution in [0.25, 0.3) is 0 Å². The van der Waals surface area contributed by atoms with Crippen molar-refractivity contribution in [3.8, 4) is 0 Å². The number of hydrogen-bond donors (Lipinski definition) is 2. The van der Waals surface area contributed by atoms with Gasteiger partial charge in [0.15, 0.2) is 0 Å². The molecule has 1 atom stereocenters. The summed E-state index contributed by atoms with van der Waals surface area (Å²) in [5, 5.41) is 17.5. The molecule has 0 aromatic heterocycles. The van der Waals surface area contributed by atoms with Gasteiger partial charge in [-0.3, -0.25) is 0 Å². The Morgan fingerprint density at radius 2 is 1.71 bits per heavy atom. The zero-order valence-electron chi connectivity index (χ0n) is 10.1. The van der Waals surface area contributed by atoms with Crippen LogP contribution in [0.4, 0.5) is 0 Å². The van der Waals surface area contributed by atoms with Crippen molar-refractivity contribution in [1.82, 2.24) is 0 Å². The van der Waals surface area contributed by atoms with Gasteiger partial charge in [-0.25, -0.2) is 18.6 Å². The Labute approximate surface area is 125 Å². The molecule has 2 N–H and O–H groups in total. The van der Waals surface area contributed by atoms with E-state index in [9.17, 15) is 5.11 Å². The van der Waals surface area contributed by atoms with E-state index in [2.05, 4.69) is 6.92 Å². The number of halogens is 1. The molecule has 0 aromatic carbocycles. The second kappa shape index (κ2) is 15.1. The van der Waals surface area contributed by atoms with Crippen LogP contribution >= 0.6 is 0 Å². The summed E-state index contributed by atoms with van der Waals surface area (Å²) in [5.74, 6) is 0. The zero-order valence-corrected chi connectivity index (χ0v) is 12.9. The molecular weight excluding hydrogens is 267 g/mol. The van der Waals surface area contributed by atoms with Crippen molar-refractivity contribution in [2.24, 2.45) is 0 Å². The first kappa shape index (κ1) is 23.1. The molecule has 0 radical (unpaired) electrons. The van der Waals surface area contributed by atoms with E-state index in [1.165, 1.54) is 0 Å². The monoisotopic (exact) mass is 284 g/mol. The molecule has 0 aliphatic rings. The quantitative estimate of drug-likeness (QED) is 0.349. The van der Waals surface area contributed by atoms with E-state index < -0.39 is 10.2 Å². The van der Waals surface area contributed by atoms with E-state index in [1.54, 1.807) is 0 Å². The molecule has 9 heteroatoms. The van der Waals surface area contributed by atoms with Gasteiger partial charge < -0.3 is 14.9 Å². The summed E-state index contributed by atoms with van der Waals surface area (Å²) in [6.45, 7) is 2.78. The third kappa shape index (κ3) is 38.2. The standard InChI is InChI=1S/C8H18O3.ClHO4.Na/c1-2-3-4-8(10)7-11-6-5-9;2-1(3,4)5;/h8-10H,2-7H2,1H3;(H,2,3,4,5);/q;;+1/p-1. The maximum Gasteiger partial charge on any atom is 1.00 e. The van der Waals surface area contributed by atoms with Crippen LogP contribution in [0.15, 0.2) is 0 Å². The number of ether oxygens (including phenoxy) is 1. The summed E-state index contributed by atoms with van der Waals surface area (Å²) in [7, 11) is -4.94. The average Bonchev–Trinajstić information content (AvgIpc) is 2.12. The minimum atomic E-state index is -4.94. The van der Waals surface area contributed by atoms with E-state index in [1.807, 2.05) is 0 Å². The maximum absolute atomic E-state index is 9.20. The molecule has 0 saturated carbocycles. The van der Waals surface area contributed by atoms with Crippen molar-refractivity contribution in [3.63, 3.8) is 0 Å². The van der Waals surface area contributed by atoms with Crippen molar-refractivity contribution in [2.75, 3.05) is 19.8 Å². The summed E-state index contributed by atoms with van der Waals surface area (Å²) >= 11 is 0.